The summed E-state index contributed by atoms with van der Waals surface area (Å²) in [6.07, 6.45) is 5.64. The number of rotatable bonds is 4. The minimum atomic E-state index is -0.368. The van der Waals surface area contributed by atoms with E-state index >= 15 is 0 Å². The fraction of sp³-hybridized carbons (Fsp3) is 0.533. The monoisotopic (exact) mass is 261 g/mol. The van der Waals surface area contributed by atoms with Gasteiger partial charge in [0.1, 0.15) is 11.5 Å². The van der Waals surface area contributed by atoms with E-state index in [1.165, 1.54) is 0 Å². The van der Waals surface area contributed by atoms with E-state index < -0.39 is 0 Å². The third kappa shape index (κ3) is 3.63. The molecule has 4 heteroatoms. The zero-order valence-electron chi connectivity index (χ0n) is 11.2. The maximum atomic E-state index is 11.6. The summed E-state index contributed by atoms with van der Waals surface area (Å²) in [6, 6.07) is 3.64. The summed E-state index contributed by atoms with van der Waals surface area (Å²) in [5.41, 5.74) is 1.46. The first-order valence-electron chi connectivity index (χ1n) is 6.85. The highest BCUT2D eigenvalue weighted by Crippen LogP contribution is 2.30. The van der Waals surface area contributed by atoms with Crippen molar-refractivity contribution in [2.24, 2.45) is 0 Å². The molecule has 0 atom stereocenters. The fourth-order valence-electron chi connectivity index (χ4n) is 2.31. The van der Waals surface area contributed by atoms with E-state index in [2.05, 4.69) is 4.98 Å². The Labute approximate surface area is 113 Å². The van der Waals surface area contributed by atoms with Gasteiger partial charge in [-0.05, 0) is 36.8 Å². The van der Waals surface area contributed by atoms with E-state index in [0.29, 0.717) is 36.8 Å². The summed E-state index contributed by atoms with van der Waals surface area (Å²) in [7, 11) is 0. The molecule has 1 aliphatic carbocycles. The Balaban J connectivity index is 1.98. The first-order valence-corrected chi connectivity index (χ1v) is 6.85. The molecule has 19 heavy (non-hydrogen) atoms. The summed E-state index contributed by atoms with van der Waals surface area (Å²) >= 11 is 0. The molecule has 0 N–H and O–H groups in total. The second-order valence-corrected chi connectivity index (χ2v) is 4.93. The van der Waals surface area contributed by atoms with Crippen LogP contribution in [0.2, 0.25) is 0 Å². The Kier molecular flexibility index (Phi) is 4.66. The van der Waals surface area contributed by atoms with Gasteiger partial charge < -0.3 is 4.74 Å². The van der Waals surface area contributed by atoms with Gasteiger partial charge in [-0.15, -0.1) is 0 Å². The Morgan fingerprint density at radius 1 is 1.37 bits per heavy atom. The first kappa shape index (κ1) is 13.7. The van der Waals surface area contributed by atoms with Crippen molar-refractivity contribution in [1.82, 2.24) is 4.98 Å². The van der Waals surface area contributed by atoms with Gasteiger partial charge in [0.25, 0.3) is 0 Å². The van der Waals surface area contributed by atoms with Gasteiger partial charge in [0.15, 0.2) is 0 Å². The predicted molar refractivity (Wildman–Crippen MR) is 71.0 cm³/mol. The number of ether oxygens (including phenoxy) is 1. The highest BCUT2D eigenvalue weighted by molar-refractivity contribution is 5.87. The average molecular weight is 261 g/mol. The highest BCUT2D eigenvalue weighted by Gasteiger charge is 2.20. The second kappa shape index (κ2) is 6.45. The number of pyridine rings is 1. The maximum absolute atomic E-state index is 11.6. The van der Waals surface area contributed by atoms with Gasteiger partial charge in [-0.3, -0.25) is 4.79 Å². The highest BCUT2D eigenvalue weighted by atomic mass is 16.5. The molecule has 2 rings (SSSR count). The van der Waals surface area contributed by atoms with Gasteiger partial charge >= 0.3 is 5.97 Å². The lowest BCUT2D eigenvalue weighted by Gasteiger charge is -2.20. The molecular weight excluding hydrogens is 242 g/mol. The van der Waals surface area contributed by atoms with Crippen molar-refractivity contribution < 1.29 is 14.3 Å². The third-order valence-corrected chi connectivity index (χ3v) is 3.45. The van der Waals surface area contributed by atoms with E-state index in [9.17, 15) is 9.59 Å². The lowest BCUT2D eigenvalue weighted by Crippen LogP contribution is -2.13. The molecule has 0 bridgehead atoms. The number of carbonyl (C=O) groups excluding carboxylic acids is 2. The van der Waals surface area contributed by atoms with E-state index in [1.807, 2.05) is 13.0 Å². The van der Waals surface area contributed by atoms with E-state index in [4.69, 9.17) is 4.74 Å². The molecule has 0 radical (unpaired) electrons. The summed E-state index contributed by atoms with van der Waals surface area (Å²) in [5, 5.41) is 0. The van der Waals surface area contributed by atoms with Gasteiger partial charge in [-0.25, -0.2) is 9.78 Å². The van der Waals surface area contributed by atoms with Gasteiger partial charge in [-0.1, -0.05) is 13.0 Å². The van der Waals surface area contributed by atoms with Crippen molar-refractivity contribution in [3.63, 3.8) is 0 Å². The summed E-state index contributed by atoms with van der Waals surface area (Å²) < 4.78 is 5.03. The fourth-order valence-corrected chi connectivity index (χ4v) is 2.31. The maximum Gasteiger partial charge on any atom is 0.356 e. The van der Waals surface area contributed by atoms with Crippen molar-refractivity contribution in [3.05, 3.63) is 29.6 Å². The number of ketones is 1. The Morgan fingerprint density at radius 3 is 2.68 bits per heavy atom. The summed E-state index contributed by atoms with van der Waals surface area (Å²) in [4.78, 5) is 27.0. The molecular formula is C15H19NO3. The van der Waals surface area contributed by atoms with E-state index in [-0.39, 0.29) is 5.97 Å². The van der Waals surface area contributed by atoms with Crippen molar-refractivity contribution in [2.45, 2.75) is 44.9 Å². The third-order valence-electron chi connectivity index (χ3n) is 3.45. The summed E-state index contributed by atoms with van der Waals surface area (Å²) in [5.74, 6) is 0.377. The number of hydrogen-bond donors (Lipinski definition) is 0. The molecule has 1 fully saturated rings. The van der Waals surface area contributed by atoms with Crippen LogP contribution in [0.1, 0.15) is 61.0 Å². The van der Waals surface area contributed by atoms with Crippen LogP contribution in [0.5, 0.6) is 0 Å². The molecule has 102 valence electrons. The molecule has 0 amide bonds. The standard InChI is InChI=1S/C15H19NO3/c1-2-9-19-15(18)14-8-5-12(10-16-14)11-3-6-13(17)7-4-11/h5,8,10-11H,2-4,6-7,9H2,1H3. The molecule has 0 saturated heterocycles. The predicted octanol–water partition coefficient (Wildman–Crippen LogP) is 2.88. The molecule has 1 heterocycles. The average Bonchev–Trinajstić information content (AvgIpc) is 2.46. The topological polar surface area (TPSA) is 56.3 Å². The van der Waals surface area contributed by atoms with Crippen LogP contribution in [0.15, 0.2) is 18.3 Å². The van der Waals surface area contributed by atoms with Crippen molar-refractivity contribution in [2.75, 3.05) is 6.61 Å². The first-order chi connectivity index (χ1) is 9.20. The van der Waals surface area contributed by atoms with Crippen molar-refractivity contribution in [3.8, 4) is 0 Å². The molecule has 1 aromatic heterocycles. The van der Waals surface area contributed by atoms with Crippen LogP contribution < -0.4 is 0 Å². The number of hydrogen-bond acceptors (Lipinski definition) is 4. The molecule has 0 unspecified atom stereocenters. The van der Waals surface area contributed by atoms with Gasteiger partial charge in [-0.2, -0.15) is 0 Å². The van der Waals surface area contributed by atoms with Crippen LogP contribution in [0.3, 0.4) is 0 Å². The lowest BCUT2D eigenvalue weighted by molar-refractivity contribution is -0.120. The van der Waals surface area contributed by atoms with E-state index in [0.717, 1.165) is 24.8 Å². The number of carbonyl (C=O) groups is 2. The minimum Gasteiger partial charge on any atom is -0.461 e. The Bertz CT molecular complexity index is 443. The molecule has 0 aliphatic heterocycles. The number of aromatic nitrogens is 1. The van der Waals surface area contributed by atoms with Crippen LogP contribution >= 0.6 is 0 Å². The number of Topliss-reactive ketones (excluding diaryl/α,β-unsaturated/α-hetero) is 1. The molecule has 0 spiro atoms. The smallest absolute Gasteiger partial charge is 0.356 e. The lowest BCUT2D eigenvalue weighted by atomic mass is 9.84. The Morgan fingerprint density at radius 2 is 2.11 bits per heavy atom. The quantitative estimate of drug-likeness (QED) is 0.782. The Hall–Kier alpha value is -1.71. The molecule has 0 aromatic carbocycles. The van der Waals surface area contributed by atoms with Crippen LogP contribution in [-0.2, 0) is 9.53 Å². The molecule has 1 saturated carbocycles. The number of nitrogens with zero attached hydrogens (tertiary/aromatic N) is 1. The van der Waals surface area contributed by atoms with Gasteiger partial charge in [0.2, 0.25) is 0 Å². The van der Waals surface area contributed by atoms with Crippen LogP contribution in [0.25, 0.3) is 0 Å². The molecule has 1 aliphatic rings. The van der Waals surface area contributed by atoms with E-state index in [1.54, 1.807) is 12.3 Å². The normalized spacial score (nSPS) is 16.4. The SMILES string of the molecule is CCCOC(=O)c1ccc(C2CCC(=O)CC2)cn1. The largest absolute Gasteiger partial charge is 0.461 e. The zero-order valence-corrected chi connectivity index (χ0v) is 11.2. The minimum absolute atomic E-state index is 0.351. The molecule has 4 nitrogen and oxygen atoms in total. The van der Waals surface area contributed by atoms with Crippen LogP contribution in [0, 0.1) is 0 Å². The van der Waals surface area contributed by atoms with Gasteiger partial charge in [0, 0.05) is 19.0 Å². The second-order valence-electron chi connectivity index (χ2n) is 4.93. The van der Waals surface area contributed by atoms with Crippen molar-refractivity contribution >= 4 is 11.8 Å². The van der Waals surface area contributed by atoms with Crippen LogP contribution in [0.4, 0.5) is 0 Å². The zero-order chi connectivity index (χ0) is 13.7. The van der Waals surface area contributed by atoms with Crippen molar-refractivity contribution in [1.29, 1.82) is 0 Å². The number of esters is 1. The summed E-state index contributed by atoms with van der Waals surface area (Å²) in [6.45, 7) is 2.38. The van der Waals surface area contributed by atoms with Gasteiger partial charge in [0.05, 0.1) is 6.61 Å². The van der Waals surface area contributed by atoms with Crippen LogP contribution in [-0.4, -0.2) is 23.3 Å². The molecule has 1 aromatic rings.